The minimum absolute atomic E-state index is 0.0947. The van der Waals surface area contributed by atoms with Crippen LogP contribution < -0.4 is 15.7 Å². The summed E-state index contributed by atoms with van der Waals surface area (Å²) in [6.45, 7) is 4.56. The molecule has 1 aliphatic rings. The Labute approximate surface area is 212 Å². The molecule has 0 radical (unpaired) electrons. The number of amides is 2. The Morgan fingerprint density at radius 3 is 2.54 bits per heavy atom. The van der Waals surface area contributed by atoms with Crippen LogP contribution in [0.4, 0.5) is 18.0 Å². The largest absolute Gasteiger partial charge is 0.493 e. The number of rotatable bonds is 9. The minimum atomic E-state index is -4.68. The lowest BCUT2D eigenvalue weighted by Gasteiger charge is -2.40. The summed E-state index contributed by atoms with van der Waals surface area (Å²) in [6.07, 6.45) is -2.44. The first-order valence-electron chi connectivity index (χ1n) is 12.2. The number of hydrogen-bond donors (Lipinski definition) is 1. The molecule has 10 heteroatoms. The van der Waals surface area contributed by atoms with Gasteiger partial charge in [-0.2, -0.15) is 13.2 Å². The van der Waals surface area contributed by atoms with Crippen LogP contribution in [0.2, 0.25) is 0 Å². The van der Waals surface area contributed by atoms with Gasteiger partial charge in [0.25, 0.3) is 0 Å². The monoisotopic (exact) mass is 518 g/mol. The van der Waals surface area contributed by atoms with Crippen molar-refractivity contribution in [2.24, 2.45) is 0 Å². The summed E-state index contributed by atoms with van der Waals surface area (Å²) in [4.78, 5) is 26.0. The summed E-state index contributed by atoms with van der Waals surface area (Å²) in [5.41, 5.74) is -1.78. The van der Waals surface area contributed by atoms with Crippen LogP contribution in [0.25, 0.3) is 11.0 Å². The van der Waals surface area contributed by atoms with Gasteiger partial charge in [0.1, 0.15) is 18.1 Å². The molecule has 1 saturated heterocycles. The zero-order valence-corrected chi connectivity index (χ0v) is 20.7. The van der Waals surface area contributed by atoms with E-state index in [1.54, 1.807) is 4.90 Å². The van der Waals surface area contributed by atoms with E-state index in [0.29, 0.717) is 49.6 Å². The van der Waals surface area contributed by atoms with E-state index < -0.39 is 23.1 Å². The Kier molecular flexibility index (Phi) is 7.77. The van der Waals surface area contributed by atoms with Crippen molar-refractivity contribution >= 4 is 17.0 Å². The lowest BCUT2D eigenvalue weighted by Crippen LogP contribution is -2.58. The number of aryl methyl sites for hydroxylation is 1. The molecule has 1 N–H and O–H groups in total. The number of urea groups is 1. The second-order valence-corrected chi connectivity index (χ2v) is 9.07. The standard InChI is InChI=1S/C27H29F3N2O5/c1-3-9-20-22(13-12-19-21(27(28,29)30)16-23(33)37-24(19)20)35-15-8-7-14-32-17-36-26(2,31-25(32)34)18-10-5-4-6-11-18/h4-6,10-13,16H,3,7-9,14-15,17H2,1-2H3,(H,31,34). The minimum Gasteiger partial charge on any atom is -0.493 e. The van der Waals surface area contributed by atoms with Crippen molar-refractivity contribution in [3.8, 4) is 5.75 Å². The van der Waals surface area contributed by atoms with Crippen LogP contribution in [0.5, 0.6) is 5.75 Å². The highest BCUT2D eigenvalue weighted by atomic mass is 19.4. The van der Waals surface area contributed by atoms with Gasteiger partial charge in [0.15, 0.2) is 5.72 Å². The quantitative estimate of drug-likeness (QED) is 0.286. The highest BCUT2D eigenvalue weighted by Crippen LogP contribution is 2.37. The summed E-state index contributed by atoms with van der Waals surface area (Å²) in [5.74, 6) is 0.384. The molecule has 1 fully saturated rings. The maximum absolute atomic E-state index is 13.5. The summed E-state index contributed by atoms with van der Waals surface area (Å²) >= 11 is 0. The third-order valence-corrected chi connectivity index (χ3v) is 6.32. The molecule has 3 aromatic rings. The van der Waals surface area contributed by atoms with Gasteiger partial charge in [0.05, 0.1) is 12.2 Å². The molecule has 198 valence electrons. The van der Waals surface area contributed by atoms with Gasteiger partial charge in [-0.25, -0.2) is 9.59 Å². The lowest BCUT2D eigenvalue weighted by molar-refractivity contribution is -0.136. The number of alkyl halides is 3. The summed E-state index contributed by atoms with van der Waals surface area (Å²) in [7, 11) is 0. The molecule has 37 heavy (non-hydrogen) atoms. The maximum atomic E-state index is 13.5. The van der Waals surface area contributed by atoms with E-state index in [9.17, 15) is 22.8 Å². The highest BCUT2D eigenvalue weighted by Gasteiger charge is 2.36. The van der Waals surface area contributed by atoms with Crippen molar-refractivity contribution in [3.05, 3.63) is 75.6 Å². The number of carbonyl (C=O) groups excluding carboxylic acids is 1. The van der Waals surface area contributed by atoms with E-state index in [0.717, 1.165) is 5.56 Å². The van der Waals surface area contributed by atoms with Crippen LogP contribution in [0.3, 0.4) is 0 Å². The molecule has 0 bridgehead atoms. The molecular formula is C27H29F3N2O5. The van der Waals surface area contributed by atoms with Gasteiger partial charge in [-0.3, -0.25) is 0 Å². The Balaban J connectivity index is 1.36. The number of fused-ring (bicyclic) bond motifs is 1. The number of benzene rings is 2. The van der Waals surface area contributed by atoms with E-state index in [1.165, 1.54) is 12.1 Å². The van der Waals surface area contributed by atoms with Crippen molar-refractivity contribution < 1.29 is 31.9 Å². The van der Waals surface area contributed by atoms with Crippen LogP contribution >= 0.6 is 0 Å². The van der Waals surface area contributed by atoms with Crippen molar-refractivity contribution in [2.75, 3.05) is 19.9 Å². The smallest absolute Gasteiger partial charge is 0.417 e. The third kappa shape index (κ3) is 5.90. The predicted octanol–water partition coefficient (Wildman–Crippen LogP) is 5.80. The number of hydrogen-bond acceptors (Lipinski definition) is 5. The summed E-state index contributed by atoms with van der Waals surface area (Å²) in [6, 6.07) is 12.4. The zero-order chi connectivity index (χ0) is 26.6. The summed E-state index contributed by atoms with van der Waals surface area (Å²) in [5, 5.41) is 2.74. The lowest BCUT2D eigenvalue weighted by atomic mass is 10.0. The fourth-order valence-corrected chi connectivity index (χ4v) is 4.37. The number of ether oxygens (including phenoxy) is 2. The SMILES string of the molecule is CCCc1c(OCCCCN2COC(C)(c3ccccc3)NC2=O)ccc2c(C(F)(F)F)cc(=O)oc12. The van der Waals surface area contributed by atoms with E-state index in [-0.39, 0.29) is 30.3 Å². The average Bonchev–Trinajstić information content (AvgIpc) is 2.86. The molecule has 2 amide bonds. The average molecular weight is 519 g/mol. The Hall–Kier alpha value is -3.53. The van der Waals surface area contributed by atoms with Gasteiger partial charge in [0, 0.05) is 29.1 Å². The Morgan fingerprint density at radius 2 is 1.86 bits per heavy atom. The van der Waals surface area contributed by atoms with Crippen molar-refractivity contribution in [2.45, 2.75) is 51.4 Å². The van der Waals surface area contributed by atoms with Crippen molar-refractivity contribution in [1.29, 1.82) is 0 Å². The van der Waals surface area contributed by atoms with Crippen LogP contribution in [-0.4, -0.2) is 30.8 Å². The highest BCUT2D eigenvalue weighted by molar-refractivity contribution is 5.85. The molecule has 4 rings (SSSR count). The third-order valence-electron chi connectivity index (χ3n) is 6.32. The van der Waals surface area contributed by atoms with Crippen LogP contribution in [0.1, 0.15) is 49.8 Å². The Morgan fingerprint density at radius 1 is 1.11 bits per heavy atom. The molecule has 2 heterocycles. The second kappa shape index (κ2) is 10.8. The van der Waals surface area contributed by atoms with Crippen molar-refractivity contribution in [1.82, 2.24) is 10.2 Å². The molecule has 1 aromatic heterocycles. The van der Waals surface area contributed by atoms with Gasteiger partial charge in [-0.1, -0.05) is 43.7 Å². The van der Waals surface area contributed by atoms with Crippen LogP contribution in [0, 0.1) is 0 Å². The second-order valence-electron chi connectivity index (χ2n) is 9.07. The van der Waals surface area contributed by atoms with E-state index in [2.05, 4.69) is 5.32 Å². The zero-order valence-electron chi connectivity index (χ0n) is 20.7. The number of halogens is 3. The Bertz CT molecular complexity index is 1310. The molecule has 0 spiro atoms. The first-order chi connectivity index (χ1) is 17.6. The molecule has 0 aliphatic carbocycles. The van der Waals surface area contributed by atoms with E-state index in [4.69, 9.17) is 13.9 Å². The maximum Gasteiger partial charge on any atom is 0.417 e. The van der Waals surface area contributed by atoms with Gasteiger partial charge in [-0.05, 0) is 38.3 Å². The van der Waals surface area contributed by atoms with Gasteiger partial charge in [-0.15, -0.1) is 0 Å². The van der Waals surface area contributed by atoms with E-state index >= 15 is 0 Å². The molecule has 0 saturated carbocycles. The first-order valence-corrected chi connectivity index (χ1v) is 12.2. The van der Waals surface area contributed by atoms with Gasteiger partial charge < -0.3 is 24.1 Å². The predicted molar refractivity (Wildman–Crippen MR) is 131 cm³/mol. The molecule has 1 aliphatic heterocycles. The van der Waals surface area contributed by atoms with E-state index in [1.807, 2.05) is 44.2 Å². The number of nitrogens with one attached hydrogen (secondary N) is 1. The van der Waals surface area contributed by atoms with Crippen LogP contribution in [0.15, 0.2) is 57.7 Å². The summed E-state index contributed by atoms with van der Waals surface area (Å²) < 4.78 is 57.4. The number of nitrogens with zero attached hydrogens (tertiary/aromatic N) is 1. The van der Waals surface area contributed by atoms with Gasteiger partial charge in [0.2, 0.25) is 0 Å². The van der Waals surface area contributed by atoms with Crippen molar-refractivity contribution in [3.63, 3.8) is 0 Å². The molecule has 2 aromatic carbocycles. The van der Waals surface area contributed by atoms with Crippen LogP contribution in [-0.2, 0) is 23.1 Å². The fraction of sp³-hybridized carbons (Fsp3) is 0.407. The molecule has 1 unspecified atom stereocenters. The van der Waals surface area contributed by atoms with Gasteiger partial charge >= 0.3 is 17.8 Å². The molecular weight excluding hydrogens is 489 g/mol. The molecule has 7 nitrogen and oxygen atoms in total. The number of carbonyl (C=O) groups is 1. The topological polar surface area (TPSA) is 81.0 Å². The fourth-order valence-electron chi connectivity index (χ4n) is 4.37. The first kappa shape index (κ1) is 26.5. The molecule has 1 atom stereocenters. The normalized spacial score (nSPS) is 18.2. The number of unbranched alkanes of at least 4 members (excludes halogenated alkanes) is 1.